The molecule has 0 bridgehead atoms. The Bertz CT molecular complexity index is 495. The van der Waals surface area contributed by atoms with Crippen molar-refractivity contribution in [3.05, 3.63) is 35.4 Å². The zero-order valence-electron chi connectivity index (χ0n) is 11.8. The van der Waals surface area contributed by atoms with E-state index in [-0.39, 0.29) is 17.4 Å². The Kier molecular flexibility index (Phi) is 3.09. The summed E-state index contributed by atoms with van der Waals surface area (Å²) in [6.07, 6.45) is 1.94. The molecule has 3 rings (SSSR count). The maximum Gasteiger partial charge on any atom is 0.240 e. The third kappa shape index (κ3) is 2.52. The van der Waals surface area contributed by atoms with Crippen LogP contribution < -0.4 is 5.32 Å². The van der Waals surface area contributed by atoms with Crippen LogP contribution in [0.4, 0.5) is 0 Å². The zero-order valence-corrected chi connectivity index (χ0v) is 11.8. The molecule has 1 saturated heterocycles. The number of hydrogen-bond acceptors (Lipinski definition) is 2. The van der Waals surface area contributed by atoms with Gasteiger partial charge in [-0.25, -0.2) is 0 Å². The van der Waals surface area contributed by atoms with E-state index in [0.29, 0.717) is 0 Å². The van der Waals surface area contributed by atoms with Crippen molar-refractivity contribution in [2.24, 2.45) is 5.41 Å². The number of benzene rings is 1. The molecular formula is C16H22N2O. The fourth-order valence-electron chi connectivity index (χ4n) is 3.15. The molecule has 0 aliphatic carbocycles. The number of carbonyl (C=O) groups is 1. The minimum Gasteiger partial charge on any atom is -0.341 e. The summed E-state index contributed by atoms with van der Waals surface area (Å²) in [6, 6.07) is 8.37. The first-order chi connectivity index (χ1) is 9.05. The van der Waals surface area contributed by atoms with Gasteiger partial charge in [-0.05, 0) is 29.4 Å². The number of carbonyl (C=O) groups excluding carboxylic acids is 1. The lowest BCUT2D eigenvalue weighted by Gasteiger charge is -2.29. The quantitative estimate of drug-likeness (QED) is 0.835. The van der Waals surface area contributed by atoms with Crippen LogP contribution >= 0.6 is 0 Å². The molecule has 1 N–H and O–H groups in total. The number of nitrogens with one attached hydrogen (secondary N) is 1. The lowest BCUT2D eigenvalue weighted by atomic mass is 9.93. The van der Waals surface area contributed by atoms with Gasteiger partial charge in [-0.3, -0.25) is 4.79 Å². The van der Waals surface area contributed by atoms with Crippen molar-refractivity contribution in [3.63, 3.8) is 0 Å². The molecule has 2 aliphatic heterocycles. The molecule has 0 radical (unpaired) electrons. The summed E-state index contributed by atoms with van der Waals surface area (Å²) in [5.41, 5.74) is 2.92. The predicted molar refractivity (Wildman–Crippen MR) is 75.8 cm³/mol. The average Bonchev–Trinajstić information content (AvgIpc) is 2.78. The molecular weight excluding hydrogens is 236 g/mol. The van der Waals surface area contributed by atoms with Crippen molar-refractivity contribution >= 4 is 5.91 Å². The van der Waals surface area contributed by atoms with Gasteiger partial charge in [0.2, 0.25) is 5.91 Å². The van der Waals surface area contributed by atoms with Crippen molar-refractivity contribution in [3.8, 4) is 0 Å². The van der Waals surface area contributed by atoms with Gasteiger partial charge < -0.3 is 10.2 Å². The maximum atomic E-state index is 12.6. The molecule has 19 heavy (non-hydrogen) atoms. The minimum absolute atomic E-state index is 0.0381. The molecule has 3 nitrogen and oxygen atoms in total. The Balaban J connectivity index is 1.70. The standard InChI is InChI=1S/C16H22N2O/c1-16(2)7-8-18(11-16)15(19)14-9-12-5-3-4-6-13(12)10-17-14/h3-6,14,17H,7-11H2,1-2H3/t14-/m1/s1. The number of fused-ring (bicyclic) bond motifs is 1. The highest BCUT2D eigenvalue weighted by Crippen LogP contribution is 2.29. The molecule has 1 atom stereocenters. The van der Waals surface area contributed by atoms with E-state index in [0.717, 1.165) is 32.5 Å². The SMILES string of the molecule is CC1(C)CCN(C(=O)[C@H]2Cc3ccccc3CN2)C1. The van der Waals surface area contributed by atoms with Gasteiger partial charge in [0.05, 0.1) is 6.04 Å². The average molecular weight is 258 g/mol. The van der Waals surface area contributed by atoms with Gasteiger partial charge in [0.1, 0.15) is 0 Å². The summed E-state index contributed by atoms with van der Waals surface area (Å²) in [6.45, 7) is 7.09. The van der Waals surface area contributed by atoms with Crippen molar-refractivity contribution in [1.82, 2.24) is 10.2 Å². The van der Waals surface area contributed by atoms with Crippen LogP contribution in [-0.2, 0) is 17.8 Å². The number of likely N-dealkylation sites (tertiary alicyclic amines) is 1. The van der Waals surface area contributed by atoms with Gasteiger partial charge in [-0.1, -0.05) is 38.1 Å². The molecule has 1 aromatic rings. The molecule has 1 amide bonds. The van der Waals surface area contributed by atoms with Crippen LogP contribution in [0.3, 0.4) is 0 Å². The highest BCUT2D eigenvalue weighted by molar-refractivity contribution is 5.83. The zero-order chi connectivity index (χ0) is 13.5. The molecule has 1 fully saturated rings. The van der Waals surface area contributed by atoms with E-state index >= 15 is 0 Å². The minimum atomic E-state index is -0.0381. The Labute approximate surface area is 115 Å². The molecule has 102 valence electrons. The van der Waals surface area contributed by atoms with E-state index in [1.54, 1.807) is 0 Å². The molecule has 0 unspecified atom stereocenters. The Hall–Kier alpha value is -1.35. The summed E-state index contributed by atoms with van der Waals surface area (Å²) in [5.74, 6) is 0.278. The van der Waals surface area contributed by atoms with Gasteiger partial charge >= 0.3 is 0 Å². The number of amides is 1. The van der Waals surface area contributed by atoms with Crippen LogP contribution in [0.1, 0.15) is 31.4 Å². The lowest BCUT2D eigenvalue weighted by molar-refractivity contribution is -0.132. The Morgan fingerprint density at radius 1 is 1.32 bits per heavy atom. The Morgan fingerprint density at radius 2 is 2.05 bits per heavy atom. The van der Waals surface area contributed by atoms with Crippen LogP contribution in [0, 0.1) is 5.41 Å². The second-order valence-corrected chi connectivity index (χ2v) is 6.58. The summed E-state index contributed by atoms with van der Waals surface area (Å²) in [5, 5.41) is 3.39. The fraction of sp³-hybridized carbons (Fsp3) is 0.562. The summed E-state index contributed by atoms with van der Waals surface area (Å²) in [7, 11) is 0. The molecule has 2 aliphatic rings. The van der Waals surface area contributed by atoms with Gasteiger partial charge in [0.25, 0.3) is 0 Å². The predicted octanol–water partition coefficient (Wildman–Crippen LogP) is 1.96. The van der Waals surface area contributed by atoms with Crippen molar-refractivity contribution in [2.45, 2.75) is 39.3 Å². The van der Waals surface area contributed by atoms with Crippen molar-refractivity contribution in [1.29, 1.82) is 0 Å². The van der Waals surface area contributed by atoms with Gasteiger partial charge in [0.15, 0.2) is 0 Å². The summed E-state index contributed by atoms with van der Waals surface area (Å²) in [4.78, 5) is 14.6. The van der Waals surface area contributed by atoms with Crippen molar-refractivity contribution in [2.75, 3.05) is 13.1 Å². The molecule has 1 aromatic carbocycles. The topological polar surface area (TPSA) is 32.3 Å². The molecule has 0 aromatic heterocycles. The highest BCUT2D eigenvalue weighted by atomic mass is 16.2. The maximum absolute atomic E-state index is 12.6. The van der Waals surface area contributed by atoms with Crippen LogP contribution in [-0.4, -0.2) is 29.9 Å². The third-order valence-electron chi connectivity index (χ3n) is 4.37. The number of nitrogens with zero attached hydrogens (tertiary/aromatic N) is 1. The molecule has 0 saturated carbocycles. The van der Waals surface area contributed by atoms with E-state index in [1.807, 2.05) is 4.90 Å². The molecule has 3 heteroatoms. The third-order valence-corrected chi connectivity index (χ3v) is 4.37. The number of hydrogen-bond donors (Lipinski definition) is 1. The van der Waals surface area contributed by atoms with Gasteiger partial charge in [-0.15, -0.1) is 0 Å². The van der Waals surface area contributed by atoms with Crippen LogP contribution in [0.5, 0.6) is 0 Å². The first-order valence-electron chi connectivity index (χ1n) is 7.14. The van der Waals surface area contributed by atoms with E-state index in [4.69, 9.17) is 0 Å². The lowest BCUT2D eigenvalue weighted by Crippen LogP contribution is -2.49. The summed E-state index contributed by atoms with van der Waals surface area (Å²) >= 11 is 0. The second kappa shape index (κ2) is 4.64. The van der Waals surface area contributed by atoms with E-state index in [2.05, 4.69) is 43.4 Å². The van der Waals surface area contributed by atoms with Crippen LogP contribution in [0.15, 0.2) is 24.3 Å². The first kappa shape index (κ1) is 12.7. The monoisotopic (exact) mass is 258 g/mol. The smallest absolute Gasteiger partial charge is 0.240 e. The fourth-order valence-corrected chi connectivity index (χ4v) is 3.15. The highest BCUT2D eigenvalue weighted by Gasteiger charge is 2.35. The normalized spacial score (nSPS) is 25.2. The molecule has 0 spiro atoms. The Morgan fingerprint density at radius 3 is 2.74 bits per heavy atom. The molecule has 2 heterocycles. The van der Waals surface area contributed by atoms with Crippen LogP contribution in [0.25, 0.3) is 0 Å². The van der Waals surface area contributed by atoms with Crippen LogP contribution in [0.2, 0.25) is 0 Å². The van der Waals surface area contributed by atoms with E-state index < -0.39 is 0 Å². The van der Waals surface area contributed by atoms with E-state index in [1.165, 1.54) is 11.1 Å². The van der Waals surface area contributed by atoms with Gasteiger partial charge in [0, 0.05) is 19.6 Å². The van der Waals surface area contributed by atoms with E-state index in [9.17, 15) is 4.79 Å². The first-order valence-corrected chi connectivity index (χ1v) is 7.14. The van der Waals surface area contributed by atoms with Gasteiger partial charge in [-0.2, -0.15) is 0 Å². The second-order valence-electron chi connectivity index (χ2n) is 6.58. The largest absolute Gasteiger partial charge is 0.341 e. The number of rotatable bonds is 1. The van der Waals surface area contributed by atoms with Crippen molar-refractivity contribution < 1.29 is 4.79 Å². The summed E-state index contributed by atoms with van der Waals surface area (Å²) < 4.78 is 0.